The molecular weight excluding hydrogens is 264 g/mol. The number of aromatic carboxylic acids is 1. The van der Waals surface area contributed by atoms with Crippen molar-refractivity contribution in [3.05, 3.63) is 17.1 Å². The van der Waals surface area contributed by atoms with E-state index in [4.69, 9.17) is 0 Å². The zero-order valence-electron chi connectivity index (χ0n) is 11.7. The van der Waals surface area contributed by atoms with Gasteiger partial charge < -0.3 is 10.2 Å². The molecule has 5 nitrogen and oxygen atoms in total. The highest BCUT2D eigenvalue weighted by atomic mass is 32.2. The molecule has 0 aliphatic carbocycles. The number of thioether (sulfide) groups is 1. The maximum absolute atomic E-state index is 11.3. The SMILES string of the molecule is CCC(O)CSc1nc(C(C)C)nc(C)c1C(=O)O. The van der Waals surface area contributed by atoms with Crippen LogP contribution in [0.25, 0.3) is 0 Å². The van der Waals surface area contributed by atoms with Crippen LogP contribution in [0.5, 0.6) is 0 Å². The molecule has 2 N–H and O–H groups in total. The lowest BCUT2D eigenvalue weighted by Crippen LogP contribution is -2.13. The first-order valence-electron chi connectivity index (χ1n) is 6.29. The van der Waals surface area contributed by atoms with E-state index in [0.717, 1.165) is 0 Å². The van der Waals surface area contributed by atoms with Crippen LogP contribution in [0.3, 0.4) is 0 Å². The van der Waals surface area contributed by atoms with Crippen LogP contribution >= 0.6 is 11.8 Å². The highest BCUT2D eigenvalue weighted by Crippen LogP contribution is 2.25. The van der Waals surface area contributed by atoms with Crippen molar-refractivity contribution in [3.8, 4) is 0 Å². The molecule has 0 radical (unpaired) electrons. The van der Waals surface area contributed by atoms with Crippen LogP contribution in [0.1, 0.15) is 55.0 Å². The summed E-state index contributed by atoms with van der Waals surface area (Å²) in [5.74, 6) is 0.180. The van der Waals surface area contributed by atoms with Gasteiger partial charge in [0.1, 0.15) is 16.4 Å². The molecule has 1 unspecified atom stereocenters. The number of aromatic nitrogens is 2. The van der Waals surface area contributed by atoms with Gasteiger partial charge in [0.2, 0.25) is 0 Å². The zero-order valence-corrected chi connectivity index (χ0v) is 12.5. The number of aliphatic hydroxyl groups excluding tert-OH is 1. The fourth-order valence-electron chi connectivity index (χ4n) is 1.47. The second-order valence-electron chi connectivity index (χ2n) is 4.68. The largest absolute Gasteiger partial charge is 0.478 e. The lowest BCUT2D eigenvalue weighted by Gasteiger charge is -2.13. The van der Waals surface area contributed by atoms with Gasteiger partial charge in [0.05, 0.1) is 11.8 Å². The van der Waals surface area contributed by atoms with E-state index in [1.807, 2.05) is 20.8 Å². The Bertz CT molecular complexity index is 463. The van der Waals surface area contributed by atoms with Crippen LogP contribution in [0.4, 0.5) is 0 Å². The van der Waals surface area contributed by atoms with Gasteiger partial charge in [-0.25, -0.2) is 14.8 Å². The van der Waals surface area contributed by atoms with E-state index in [1.54, 1.807) is 6.92 Å². The number of aliphatic hydroxyl groups is 1. The predicted molar refractivity (Wildman–Crippen MR) is 74.8 cm³/mol. The van der Waals surface area contributed by atoms with E-state index in [0.29, 0.717) is 28.7 Å². The van der Waals surface area contributed by atoms with Crippen LogP contribution < -0.4 is 0 Å². The molecule has 0 amide bonds. The number of carboxylic acids is 1. The summed E-state index contributed by atoms with van der Waals surface area (Å²) in [6.07, 6.45) is 0.181. The first-order valence-corrected chi connectivity index (χ1v) is 7.28. The van der Waals surface area contributed by atoms with Crippen molar-refractivity contribution in [1.82, 2.24) is 9.97 Å². The standard InChI is InChI=1S/C13H20N2O3S/c1-5-9(16)6-19-12-10(13(17)18)8(4)14-11(15-12)7(2)3/h7,9,16H,5-6H2,1-4H3,(H,17,18). The van der Waals surface area contributed by atoms with Gasteiger partial charge in [-0.2, -0.15) is 0 Å². The Balaban J connectivity index is 3.13. The third-order valence-electron chi connectivity index (χ3n) is 2.69. The minimum Gasteiger partial charge on any atom is -0.478 e. The van der Waals surface area contributed by atoms with E-state index in [-0.39, 0.29) is 11.5 Å². The fourth-order valence-corrected chi connectivity index (χ4v) is 2.59. The molecule has 1 aromatic rings. The van der Waals surface area contributed by atoms with E-state index in [2.05, 4.69) is 9.97 Å². The molecule has 19 heavy (non-hydrogen) atoms. The van der Waals surface area contributed by atoms with Crippen LogP contribution in [0.2, 0.25) is 0 Å². The van der Waals surface area contributed by atoms with Gasteiger partial charge in [0, 0.05) is 11.7 Å². The summed E-state index contributed by atoms with van der Waals surface area (Å²) in [4.78, 5) is 19.8. The molecule has 0 fully saturated rings. The van der Waals surface area contributed by atoms with Gasteiger partial charge in [-0.1, -0.05) is 20.8 Å². The summed E-state index contributed by atoms with van der Waals surface area (Å²) < 4.78 is 0. The molecule has 1 aromatic heterocycles. The van der Waals surface area contributed by atoms with Gasteiger partial charge in [-0.15, -0.1) is 11.8 Å². The Morgan fingerprint density at radius 3 is 2.47 bits per heavy atom. The quantitative estimate of drug-likeness (QED) is 0.617. The number of hydrogen-bond donors (Lipinski definition) is 2. The van der Waals surface area contributed by atoms with Gasteiger partial charge in [-0.05, 0) is 13.3 Å². The minimum absolute atomic E-state index is 0.136. The van der Waals surface area contributed by atoms with Crippen molar-refractivity contribution in [2.24, 2.45) is 0 Å². The van der Waals surface area contributed by atoms with E-state index >= 15 is 0 Å². The second kappa shape index (κ2) is 6.86. The number of carboxylic acid groups (broad SMARTS) is 1. The molecule has 6 heteroatoms. The first-order chi connectivity index (χ1) is 8.86. The van der Waals surface area contributed by atoms with Crippen LogP contribution in [-0.2, 0) is 0 Å². The van der Waals surface area contributed by atoms with E-state index in [9.17, 15) is 15.0 Å². The highest BCUT2D eigenvalue weighted by Gasteiger charge is 2.20. The number of nitrogens with zero attached hydrogens (tertiary/aromatic N) is 2. The van der Waals surface area contributed by atoms with Gasteiger partial charge in [0.15, 0.2) is 0 Å². The summed E-state index contributed by atoms with van der Waals surface area (Å²) >= 11 is 1.27. The molecule has 0 aliphatic heterocycles. The average Bonchev–Trinajstić information content (AvgIpc) is 2.34. The first kappa shape index (κ1) is 15.9. The summed E-state index contributed by atoms with van der Waals surface area (Å²) in [5.41, 5.74) is 0.609. The van der Waals surface area contributed by atoms with Gasteiger partial charge in [0.25, 0.3) is 0 Å². The number of rotatable bonds is 6. The van der Waals surface area contributed by atoms with Crippen molar-refractivity contribution < 1.29 is 15.0 Å². The maximum Gasteiger partial charge on any atom is 0.340 e. The monoisotopic (exact) mass is 284 g/mol. The average molecular weight is 284 g/mol. The minimum atomic E-state index is -1.03. The predicted octanol–water partition coefficient (Wildman–Crippen LogP) is 2.47. The van der Waals surface area contributed by atoms with Crippen molar-refractivity contribution >= 4 is 17.7 Å². The molecule has 0 aliphatic rings. The van der Waals surface area contributed by atoms with E-state index in [1.165, 1.54) is 11.8 Å². The molecule has 1 heterocycles. The molecule has 0 spiro atoms. The molecule has 1 atom stereocenters. The molecule has 0 saturated carbocycles. The number of aryl methyl sites for hydroxylation is 1. The van der Waals surface area contributed by atoms with E-state index < -0.39 is 12.1 Å². The molecule has 0 saturated heterocycles. The Kier molecular flexibility index (Phi) is 5.75. The van der Waals surface area contributed by atoms with Gasteiger partial charge in [-0.3, -0.25) is 0 Å². The van der Waals surface area contributed by atoms with Crippen molar-refractivity contribution in [2.75, 3.05) is 5.75 Å². The van der Waals surface area contributed by atoms with Crippen molar-refractivity contribution in [3.63, 3.8) is 0 Å². The lowest BCUT2D eigenvalue weighted by molar-refractivity contribution is 0.0690. The Morgan fingerprint density at radius 2 is 2.00 bits per heavy atom. The summed E-state index contributed by atoms with van der Waals surface area (Å²) in [6.45, 7) is 7.49. The zero-order chi connectivity index (χ0) is 14.6. The Morgan fingerprint density at radius 1 is 1.37 bits per heavy atom. The summed E-state index contributed by atoms with van der Waals surface area (Å²) in [6, 6.07) is 0. The lowest BCUT2D eigenvalue weighted by atomic mass is 10.2. The normalized spacial score (nSPS) is 12.7. The third kappa shape index (κ3) is 4.18. The van der Waals surface area contributed by atoms with Crippen LogP contribution in [0, 0.1) is 6.92 Å². The number of hydrogen-bond acceptors (Lipinski definition) is 5. The Labute approximate surface area is 117 Å². The third-order valence-corrected chi connectivity index (χ3v) is 3.81. The number of carbonyl (C=O) groups is 1. The molecule has 0 bridgehead atoms. The Hall–Kier alpha value is -1.14. The smallest absolute Gasteiger partial charge is 0.340 e. The highest BCUT2D eigenvalue weighted by molar-refractivity contribution is 7.99. The second-order valence-corrected chi connectivity index (χ2v) is 5.69. The summed E-state index contributed by atoms with van der Waals surface area (Å²) in [5, 5.41) is 19.3. The van der Waals surface area contributed by atoms with Crippen LogP contribution in [-0.4, -0.2) is 38.0 Å². The molecule has 1 rings (SSSR count). The van der Waals surface area contributed by atoms with Crippen molar-refractivity contribution in [1.29, 1.82) is 0 Å². The maximum atomic E-state index is 11.3. The molecule has 0 aromatic carbocycles. The van der Waals surface area contributed by atoms with Gasteiger partial charge >= 0.3 is 5.97 Å². The molecular formula is C13H20N2O3S. The van der Waals surface area contributed by atoms with Crippen molar-refractivity contribution in [2.45, 2.75) is 51.2 Å². The topological polar surface area (TPSA) is 83.3 Å². The summed E-state index contributed by atoms with van der Waals surface area (Å²) in [7, 11) is 0. The molecule has 106 valence electrons. The fraction of sp³-hybridized carbons (Fsp3) is 0.615. The van der Waals surface area contributed by atoms with Crippen LogP contribution in [0.15, 0.2) is 5.03 Å².